The average Bonchev–Trinajstić information content (AvgIpc) is 3.51. The number of nitro groups is 1. The molecule has 1 N–H and O–H groups in total. The molecule has 248 valence electrons. The lowest BCUT2D eigenvalue weighted by atomic mass is 10.0. The molecule has 0 bridgehead atoms. The number of hydrogen-bond acceptors (Lipinski definition) is 11. The van der Waals surface area contributed by atoms with Crippen molar-refractivity contribution in [3.8, 4) is 0 Å². The van der Waals surface area contributed by atoms with Gasteiger partial charge in [0.25, 0.3) is 5.69 Å². The Labute approximate surface area is 263 Å². The normalized spacial score (nSPS) is 16.3. The molecule has 15 heteroatoms. The van der Waals surface area contributed by atoms with Crippen LogP contribution in [0, 0.1) is 16.0 Å². The highest BCUT2D eigenvalue weighted by Gasteiger charge is 2.35. The summed E-state index contributed by atoms with van der Waals surface area (Å²) in [7, 11) is -2.75. The van der Waals surface area contributed by atoms with Gasteiger partial charge in [0.1, 0.15) is 18.8 Å². The third-order valence-corrected chi connectivity index (χ3v) is 8.63. The van der Waals surface area contributed by atoms with Crippen LogP contribution in [0.5, 0.6) is 0 Å². The van der Waals surface area contributed by atoms with Crippen molar-refractivity contribution in [1.82, 2.24) is 9.62 Å². The fraction of sp³-hybridized carbons (Fsp3) is 0.533. The summed E-state index contributed by atoms with van der Waals surface area (Å²) in [5.74, 6) is -0.926. The van der Waals surface area contributed by atoms with Crippen molar-refractivity contribution in [1.29, 1.82) is 0 Å². The van der Waals surface area contributed by atoms with Crippen LogP contribution in [0.15, 0.2) is 59.5 Å². The van der Waals surface area contributed by atoms with E-state index in [0.717, 1.165) is 34.1 Å². The molecule has 1 saturated heterocycles. The molecule has 1 heterocycles. The maximum absolute atomic E-state index is 13.9. The number of sulfonamides is 1. The molecule has 0 saturated carbocycles. The largest absolute Gasteiger partial charge is 0.457 e. The second-order valence-corrected chi connectivity index (χ2v) is 12.8. The Kier molecular flexibility index (Phi) is 14.1. The van der Waals surface area contributed by atoms with Crippen molar-refractivity contribution in [3.05, 3.63) is 70.3 Å². The molecule has 0 aliphatic carbocycles. The second-order valence-electron chi connectivity index (χ2n) is 10.9. The van der Waals surface area contributed by atoms with Crippen LogP contribution >= 0.6 is 0 Å². The van der Waals surface area contributed by atoms with Crippen molar-refractivity contribution in [2.75, 3.05) is 53.2 Å². The molecule has 0 radical (unpaired) electrons. The van der Waals surface area contributed by atoms with Gasteiger partial charge in [-0.3, -0.25) is 10.1 Å². The summed E-state index contributed by atoms with van der Waals surface area (Å²) in [6.45, 7) is 4.00. The molecule has 1 fully saturated rings. The first-order valence-electron chi connectivity index (χ1n) is 14.6. The molecule has 2 aromatic carbocycles. The Morgan fingerprint density at radius 2 is 1.80 bits per heavy atom. The number of carbonyl (C=O) groups is 2. The van der Waals surface area contributed by atoms with E-state index in [1.165, 1.54) is 7.11 Å². The minimum atomic E-state index is -4.24. The lowest BCUT2D eigenvalue weighted by Crippen LogP contribution is -2.53. The minimum absolute atomic E-state index is 0.0274. The molecule has 1 aliphatic heterocycles. The summed E-state index contributed by atoms with van der Waals surface area (Å²) >= 11 is 0. The van der Waals surface area contributed by atoms with E-state index in [0.29, 0.717) is 13.0 Å². The number of benzene rings is 2. The van der Waals surface area contributed by atoms with Crippen LogP contribution in [0.3, 0.4) is 0 Å². The van der Waals surface area contributed by atoms with Crippen molar-refractivity contribution < 1.29 is 46.6 Å². The first-order chi connectivity index (χ1) is 21.5. The van der Waals surface area contributed by atoms with Crippen LogP contribution in [-0.2, 0) is 44.9 Å². The summed E-state index contributed by atoms with van der Waals surface area (Å²) in [6.07, 6.45) is -1.70. The van der Waals surface area contributed by atoms with Crippen LogP contribution in [0.2, 0.25) is 0 Å². The van der Waals surface area contributed by atoms with E-state index < -0.39 is 51.9 Å². The molecule has 3 rings (SSSR count). The van der Waals surface area contributed by atoms with Gasteiger partial charge in [-0.1, -0.05) is 44.2 Å². The predicted molar refractivity (Wildman–Crippen MR) is 162 cm³/mol. The molecular formula is C30H41N3O11S. The number of ether oxygens (including phenoxy) is 5. The standard InChI is InChI=1S/C30H41N3O11S/c1-22(2)18-32(45(38,39)26-11-9-24(10-12-26)33(36)37)19-28(44-29(34)21-42-16-15-40-3)27(17-23-7-5-4-6-8-23)31-30(35)43-25-13-14-41-20-25/h4-12,22,25,27-28H,13-21H2,1-3H3,(H,31,35)/t25?,27-,28?/m0/s1. The smallest absolute Gasteiger partial charge is 0.407 e. The highest BCUT2D eigenvalue weighted by atomic mass is 32.2. The van der Waals surface area contributed by atoms with Gasteiger partial charge in [0.2, 0.25) is 10.0 Å². The van der Waals surface area contributed by atoms with Gasteiger partial charge in [-0.25, -0.2) is 18.0 Å². The van der Waals surface area contributed by atoms with Gasteiger partial charge in [0.05, 0.1) is 48.8 Å². The number of hydrogen-bond donors (Lipinski definition) is 1. The number of carbonyl (C=O) groups excluding carboxylic acids is 2. The molecule has 1 aliphatic rings. The Hall–Kier alpha value is -3.63. The Morgan fingerprint density at radius 1 is 1.09 bits per heavy atom. The zero-order valence-corrected chi connectivity index (χ0v) is 26.5. The number of esters is 1. The number of methoxy groups -OCH3 is 1. The summed E-state index contributed by atoms with van der Waals surface area (Å²) in [5.41, 5.74) is 0.529. The molecule has 2 aromatic rings. The fourth-order valence-electron chi connectivity index (χ4n) is 4.60. The lowest BCUT2D eigenvalue weighted by Gasteiger charge is -2.33. The monoisotopic (exact) mass is 651 g/mol. The molecule has 1 amide bonds. The van der Waals surface area contributed by atoms with Gasteiger partial charge >= 0.3 is 12.1 Å². The van der Waals surface area contributed by atoms with Gasteiger partial charge in [-0.2, -0.15) is 4.31 Å². The van der Waals surface area contributed by atoms with E-state index in [1.54, 1.807) is 0 Å². The van der Waals surface area contributed by atoms with Crippen LogP contribution in [0.1, 0.15) is 25.8 Å². The van der Waals surface area contributed by atoms with Crippen molar-refractivity contribution in [2.45, 2.75) is 49.8 Å². The molecule has 14 nitrogen and oxygen atoms in total. The molecule has 2 unspecified atom stereocenters. The van der Waals surface area contributed by atoms with Gasteiger partial charge < -0.3 is 29.0 Å². The highest BCUT2D eigenvalue weighted by molar-refractivity contribution is 7.89. The maximum Gasteiger partial charge on any atom is 0.407 e. The quantitative estimate of drug-likeness (QED) is 0.109. The van der Waals surface area contributed by atoms with Crippen LogP contribution in [0.4, 0.5) is 10.5 Å². The first-order valence-corrected chi connectivity index (χ1v) is 16.0. The number of nitrogens with one attached hydrogen (secondary N) is 1. The van der Waals surface area contributed by atoms with Crippen LogP contribution in [-0.4, -0.2) is 101 Å². The maximum atomic E-state index is 13.9. The van der Waals surface area contributed by atoms with Gasteiger partial charge in [0.15, 0.2) is 0 Å². The third-order valence-electron chi connectivity index (χ3n) is 6.78. The lowest BCUT2D eigenvalue weighted by molar-refractivity contribution is -0.384. The van der Waals surface area contributed by atoms with E-state index >= 15 is 0 Å². The Bertz CT molecular complexity index is 1330. The van der Waals surface area contributed by atoms with Gasteiger partial charge in [-0.05, 0) is 30.0 Å². The number of nitro benzene ring substituents is 1. The molecule has 0 spiro atoms. The summed E-state index contributed by atoms with van der Waals surface area (Å²) in [4.78, 5) is 36.4. The highest BCUT2D eigenvalue weighted by Crippen LogP contribution is 2.23. The third kappa shape index (κ3) is 11.7. The van der Waals surface area contributed by atoms with E-state index in [1.807, 2.05) is 44.2 Å². The zero-order chi connectivity index (χ0) is 32.8. The molecule has 0 aromatic heterocycles. The zero-order valence-electron chi connectivity index (χ0n) is 25.7. The number of nitrogens with zero attached hydrogens (tertiary/aromatic N) is 2. The topological polar surface area (TPSA) is 173 Å². The molecule has 45 heavy (non-hydrogen) atoms. The van der Waals surface area contributed by atoms with Crippen molar-refractivity contribution >= 4 is 27.8 Å². The number of rotatable bonds is 18. The van der Waals surface area contributed by atoms with E-state index in [9.17, 15) is 28.1 Å². The van der Waals surface area contributed by atoms with Crippen LogP contribution in [0.25, 0.3) is 0 Å². The molecular weight excluding hydrogens is 610 g/mol. The summed E-state index contributed by atoms with van der Waals surface area (Å²) in [6, 6.07) is 12.7. The average molecular weight is 652 g/mol. The van der Waals surface area contributed by atoms with Crippen LogP contribution < -0.4 is 5.32 Å². The second kappa shape index (κ2) is 17.8. The number of amides is 1. The van der Waals surface area contributed by atoms with Gasteiger partial charge in [0, 0.05) is 32.2 Å². The number of non-ortho nitro benzene ring substituents is 1. The fourth-order valence-corrected chi connectivity index (χ4v) is 6.22. The Morgan fingerprint density at radius 3 is 2.40 bits per heavy atom. The van der Waals surface area contributed by atoms with Crippen molar-refractivity contribution in [3.63, 3.8) is 0 Å². The summed E-state index contributed by atoms with van der Waals surface area (Å²) < 4.78 is 55.9. The summed E-state index contributed by atoms with van der Waals surface area (Å²) in [5, 5.41) is 13.9. The number of alkyl carbamates (subject to hydrolysis) is 1. The van der Waals surface area contributed by atoms with E-state index in [2.05, 4.69) is 5.32 Å². The predicted octanol–water partition coefficient (Wildman–Crippen LogP) is 2.94. The van der Waals surface area contributed by atoms with Gasteiger partial charge in [-0.15, -0.1) is 0 Å². The van der Waals surface area contributed by atoms with E-state index in [4.69, 9.17) is 23.7 Å². The first kappa shape index (κ1) is 35.8. The molecule has 3 atom stereocenters. The Balaban J connectivity index is 1.96. The van der Waals surface area contributed by atoms with Crippen molar-refractivity contribution in [2.24, 2.45) is 5.92 Å². The minimum Gasteiger partial charge on any atom is -0.457 e. The van der Waals surface area contributed by atoms with E-state index in [-0.39, 0.29) is 55.8 Å². The SMILES string of the molecule is COCCOCC(=O)OC(CN(CC(C)C)S(=O)(=O)c1ccc([N+](=O)[O-])cc1)[C@H](Cc1ccccc1)NC(=O)OC1CCOC1.